The summed E-state index contributed by atoms with van der Waals surface area (Å²) in [6.45, 7) is 1.78. The highest BCUT2D eigenvalue weighted by atomic mass is 32.2. The molecule has 18 heavy (non-hydrogen) atoms. The highest BCUT2D eigenvalue weighted by molar-refractivity contribution is 7.99. The molecule has 1 aromatic carbocycles. The first-order valence-electron chi connectivity index (χ1n) is 5.34. The highest BCUT2D eigenvalue weighted by Gasteiger charge is 2.16. The molecular formula is C11H13FN4OS. The van der Waals surface area contributed by atoms with Crippen LogP contribution in [0, 0.1) is 5.82 Å². The zero-order valence-electron chi connectivity index (χ0n) is 9.98. The van der Waals surface area contributed by atoms with E-state index in [9.17, 15) is 9.18 Å². The van der Waals surface area contributed by atoms with Gasteiger partial charge in [-0.1, -0.05) is 12.1 Å². The van der Waals surface area contributed by atoms with Gasteiger partial charge in [0.25, 0.3) is 0 Å². The number of rotatable bonds is 3. The molecule has 2 rings (SSSR count). The minimum atomic E-state index is -0.370. The summed E-state index contributed by atoms with van der Waals surface area (Å²) in [7, 11) is 1.57. The van der Waals surface area contributed by atoms with Gasteiger partial charge < -0.3 is 5.73 Å². The van der Waals surface area contributed by atoms with Crippen LogP contribution in [0.25, 0.3) is 0 Å². The van der Waals surface area contributed by atoms with E-state index >= 15 is 0 Å². The maximum absolute atomic E-state index is 13.8. The summed E-state index contributed by atoms with van der Waals surface area (Å²) in [5.41, 5.74) is 6.16. The van der Waals surface area contributed by atoms with Crippen molar-refractivity contribution in [3.63, 3.8) is 0 Å². The molecule has 1 aromatic heterocycles. The Morgan fingerprint density at radius 2 is 2.28 bits per heavy atom. The number of aromatic amines is 1. The molecule has 0 bridgehead atoms. The van der Waals surface area contributed by atoms with Crippen molar-refractivity contribution < 1.29 is 4.39 Å². The average molecular weight is 268 g/mol. The molecular weight excluding hydrogens is 255 g/mol. The van der Waals surface area contributed by atoms with E-state index in [0.29, 0.717) is 15.6 Å². The predicted octanol–water partition coefficient (Wildman–Crippen LogP) is 1.42. The Kier molecular flexibility index (Phi) is 3.53. The molecule has 0 radical (unpaired) electrons. The molecule has 0 aliphatic rings. The summed E-state index contributed by atoms with van der Waals surface area (Å²) < 4.78 is 15.2. The Labute approximate surface area is 107 Å². The number of H-pyrrole nitrogens is 1. The van der Waals surface area contributed by atoms with E-state index in [-0.39, 0.29) is 17.5 Å². The fourth-order valence-corrected chi connectivity index (χ4v) is 2.54. The van der Waals surface area contributed by atoms with Crippen LogP contribution in [0.5, 0.6) is 0 Å². The number of hydrogen-bond acceptors (Lipinski definition) is 4. The quantitative estimate of drug-likeness (QED) is 0.882. The van der Waals surface area contributed by atoms with Gasteiger partial charge >= 0.3 is 5.69 Å². The maximum atomic E-state index is 13.8. The summed E-state index contributed by atoms with van der Waals surface area (Å²) in [6.07, 6.45) is 0. The lowest BCUT2D eigenvalue weighted by molar-refractivity contribution is 0.590. The lowest BCUT2D eigenvalue weighted by atomic mass is 10.1. The van der Waals surface area contributed by atoms with Crippen molar-refractivity contribution >= 4 is 11.8 Å². The third-order valence-corrected chi connectivity index (χ3v) is 3.70. The largest absolute Gasteiger partial charge is 0.343 e. The monoisotopic (exact) mass is 268 g/mol. The van der Waals surface area contributed by atoms with E-state index in [4.69, 9.17) is 5.73 Å². The Morgan fingerprint density at radius 1 is 1.56 bits per heavy atom. The van der Waals surface area contributed by atoms with Crippen molar-refractivity contribution in [3.05, 3.63) is 40.1 Å². The van der Waals surface area contributed by atoms with Gasteiger partial charge in [-0.2, -0.15) is 0 Å². The summed E-state index contributed by atoms with van der Waals surface area (Å²) in [4.78, 5) is 11.6. The summed E-state index contributed by atoms with van der Waals surface area (Å²) in [5.74, 6) is -0.370. The Morgan fingerprint density at radius 3 is 2.83 bits per heavy atom. The molecule has 5 nitrogen and oxygen atoms in total. The molecule has 0 aliphatic carbocycles. The normalized spacial score (nSPS) is 12.7. The number of hydrogen-bond donors (Lipinski definition) is 2. The van der Waals surface area contributed by atoms with Crippen LogP contribution in [-0.4, -0.2) is 14.8 Å². The molecule has 0 fully saturated rings. The second-order valence-corrected chi connectivity index (χ2v) is 4.90. The summed E-state index contributed by atoms with van der Waals surface area (Å²) in [6, 6.07) is 4.45. The minimum absolute atomic E-state index is 0.292. The second-order valence-electron chi connectivity index (χ2n) is 3.92. The van der Waals surface area contributed by atoms with Crippen LogP contribution in [0.1, 0.15) is 18.5 Å². The van der Waals surface area contributed by atoms with Gasteiger partial charge in [-0.05, 0) is 30.3 Å². The average Bonchev–Trinajstić information content (AvgIpc) is 2.63. The molecule has 96 valence electrons. The zero-order chi connectivity index (χ0) is 13.3. The van der Waals surface area contributed by atoms with Gasteiger partial charge in [-0.15, -0.1) is 5.10 Å². The fraction of sp³-hybridized carbons (Fsp3) is 0.273. The van der Waals surface area contributed by atoms with Crippen LogP contribution in [-0.2, 0) is 7.05 Å². The van der Waals surface area contributed by atoms with Gasteiger partial charge in [0.2, 0.25) is 0 Å². The third kappa shape index (κ3) is 2.32. The van der Waals surface area contributed by atoms with E-state index in [1.54, 1.807) is 26.1 Å². The first kappa shape index (κ1) is 12.8. The van der Waals surface area contributed by atoms with Crippen LogP contribution >= 0.6 is 11.8 Å². The SMILES string of the molecule is CC(N)c1cccc(F)c1Sc1n[nH]c(=O)n1C. The van der Waals surface area contributed by atoms with Crippen molar-refractivity contribution in [2.24, 2.45) is 12.8 Å². The lowest BCUT2D eigenvalue weighted by Gasteiger charge is -2.12. The number of halogens is 1. The number of aromatic nitrogens is 3. The van der Waals surface area contributed by atoms with Crippen molar-refractivity contribution in [2.45, 2.75) is 23.0 Å². The van der Waals surface area contributed by atoms with Gasteiger partial charge in [0.15, 0.2) is 5.16 Å². The first-order valence-corrected chi connectivity index (χ1v) is 6.15. The predicted molar refractivity (Wildman–Crippen MR) is 67.0 cm³/mol. The van der Waals surface area contributed by atoms with E-state index in [0.717, 1.165) is 11.8 Å². The molecule has 1 atom stereocenters. The van der Waals surface area contributed by atoms with Crippen molar-refractivity contribution in [1.29, 1.82) is 0 Å². The van der Waals surface area contributed by atoms with E-state index in [1.807, 2.05) is 0 Å². The molecule has 0 spiro atoms. The lowest BCUT2D eigenvalue weighted by Crippen LogP contribution is -2.13. The van der Waals surface area contributed by atoms with Crippen LogP contribution in [0.4, 0.5) is 4.39 Å². The molecule has 3 N–H and O–H groups in total. The maximum Gasteiger partial charge on any atom is 0.343 e. The molecule has 1 heterocycles. The van der Waals surface area contributed by atoms with Gasteiger partial charge in [0.1, 0.15) is 5.82 Å². The highest BCUT2D eigenvalue weighted by Crippen LogP contribution is 2.33. The fourth-order valence-electron chi connectivity index (χ4n) is 1.51. The molecule has 0 aliphatic heterocycles. The van der Waals surface area contributed by atoms with Crippen LogP contribution in [0.3, 0.4) is 0 Å². The Balaban J connectivity index is 2.46. The van der Waals surface area contributed by atoms with Crippen molar-refractivity contribution in [1.82, 2.24) is 14.8 Å². The van der Waals surface area contributed by atoms with E-state index in [2.05, 4.69) is 10.2 Å². The van der Waals surface area contributed by atoms with Gasteiger partial charge in [-0.3, -0.25) is 4.57 Å². The van der Waals surface area contributed by atoms with Crippen molar-refractivity contribution in [2.75, 3.05) is 0 Å². The van der Waals surface area contributed by atoms with Crippen LogP contribution in [0.2, 0.25) is 0 Å². The standard InChI is InChI=1S/C11H13FN4OS/c1-6(13)7-4-3-5-8(12)9(7)18-11-15-14-10(17)16(11)2/h3-6H,13H2,1-2H3,(H,14,17). The first-order chi connectivity index (χ1) is 8.50. The summed E-state index contributed by atoms with van der Waals surface area (Å²) >= 11 is 1.08. The molecule has 0 saturated heterocycles. The second kappa shape index (κ2) is 4.95. The van der Waals surface area contributed by atoms with Gasteiger partial charge in [-0.25, -0.2) is 14.3 Å². The van der Waals surface area contributed by atoms with Crippen molar-refractivity contribution in [3.8, 4) is 0 Å². The molecule has 0 saturated carbocycles. The van der Waals surface area contributed by atoms with E-state index in [1.165, 1.54) is 10.6 Å². The van der Waals surface area contributed by atoms with E-state index < -0.39 is 0 Å². The smallest absolute Gasteiger partial charge is 0.324 e. The summed E-state index contributed by atoms with van der Waals surface area (Å²) in [5, 5.41) is 6.54. The van der Waals surface area contributed by atoms with Crippen LogP contribution in [0.15, 0.2) is 33.0 Å². The van der Waals surface area contributed by atoms with Gasteiger partial charge in [0.05, 0.1) is 4.90 Å². The molecule has 2 aromatic rings. The number of nitrogens with zero attached hydrogens (tertiary/aromatic N) is 2. The molecule has 0 amide bonds. The molecule has 7 heteroatoms. The van der Waals surface area contributed by atoms with Gasteiger partial charge in [0, 0.05) is 13.1 Å². The number of nitrogens with two attached hydrogens (primary N) is 1. The Bertz CT molecular complexity index is 620. The topological polar surface area (TPSA) is 76.7 Å². The zero-order valence-corrected chi connectivity index (χ0v) is 10.8. The minimum Gasteiger partial charge on any atom is -0.324 e. The number of benzene rings is 1. The number of nitrogens with one attached hydrogen (secondary N) is 1. The molecule has 1 unspecified atom stereocenters. The van der Waals surface area contributed by atoms with Crippen LogP contribution < -0.4 is 11.4 Å². The third-order valence-electron chi connectivity index (χ3n) is 2.52. The Hall–Kier alpha value is -1.60.